The lowest BCUT2D eigenvalue weighted by Gasteiger charge is -2.41. The molecular formula is C15H21NO4. The zero-order valence-electron chi connectivity index (χ0n) is 12.3. The Morgan fingerprint density at radius 3 is 2.75 bits per heavy atom. The van der Waals surface area contributed by atoms with Crippen LogP contribution in [0.2, 0.25) is 0 Å². The number of ether oxygens (including phenoxy) is 2. The van der Waals surface area contributed by atoms with E-state index in [0.29, 0.717) is 24.4 Å². The van der Waals surface area contributed by atoms with Gasteiger partial charge in [-0.25, -0.2) is 0 Å². The molecule has 1 heterocycles. The van der Waals surface area contributed by atoms with E-state index < -0.39 is 0 Å². The quantitative estimate of drug-likeness (QED) is 0.900. The number of carbonyl (C=O) groups excluding carboxylic acids is 1. The van der Waals surface area contributed by atoms with Crippen molar-refractivity contribution in [1.29, 1.82) is 0 Å². The van der Waals surface area contributed by atoms with Crippen LogP contribution in [0, 0.1) is 0 Å². The number of hydrogen-bond donors (Lipinski definition) is 1. The fraction of sp³-hybridized carbons (Fsp3) is 0.533. The number of rotatable bonds is 2. The smallest absolute Gasteiger partial charge is 0.254 e. The second-order valence-corrected chi connectivity index (χ2v) is 5.76. The summed E-state index contributed by atoms with van der Waals surface area (Å²) in [5.74, 6) is 0.224. The predicted molar refractivity (Wildman–Crippen MR) is 75.2 cm³/mol. The Hall–Kier alpha value is -1.75. The van der Waals surface area contributed by atoms with Gasteiger partial charge in [0.1, 0.15) is 0 Å². The minimum absolute atomic E-state index is 0.00505. The van der Waals surface area contributed by atoms with Crippen LogP contribution in [0.1, 0.15) is 31.1 Å². The van der Waals surface area contributed by atoms with Crippen LogP contribution in [0.25, 0.3) is 0 Å². The van der Waals surface area contributed by atoms with Gasteiger partial charge in [-0.2, -0.15) is 0 Å². The summed E-state index contributed by atoms with van der Waals surface area (Å²) in [6.07, 6.45) is -0.00505. The van der Waals surface area contributed by atoms with Crippen LogP contribution in [-0.4, -0.2) is 47.8 Å². The number of morpholine rings is 1. The van der Waals surface area contributed by atoms with Gasteiger partial charge in [-0.1, -0.05) is 0 Å². The molecule has 1 aliphatic heterocycles. The second kappa shape index (κ2) is 5.32. The highest BCUT2D eigenvalue weighted by Crippen LogP contribution is 2.28. The average molecular weight is 279 g/mol. The van der Waals surface area contributed by atoms with Gasteiger partial charge in [0, 0.05) is 18.7 Å². The third-order valence-corrected chi connectivity index (χ3v) is 3.28. The molecule has 0 saturated carbocycles. The van der Waals surface area contributed by atoms with Crippen molar-refractivity contribution in [3.8, 4) is 11.5 Å². The van der Waals surface area contributed by atoms with Crippen LogP contribution in [0.3, 0.4) is 0 Å². The first-order valence-corrected chi connectivity index (χ1v) is 6.66. The van der Waals surface area contributed by atoms with E-state index >= 15 is 0 Å². The van der Waals surface area contributed by atoms with Crippen molar-refractivity contribution < 1.29 is 19.4 Å². The topological polar surface area (TPSA) is 59.0 Å². The molecule has 1 fully saturated rings. The second-order valence-electron chi connectivity index (χ2n) is 5.76. The lowest BCUT2D eigenvalue weighted by atomic mass is 10.0. The summed E-state index contributed by atoms with van der Waals surface area (Å²) in [6, 6.07) is 4.69. The Labute approximate surface area is 119 Å². The van der Waals surface area contributed by atoms with Gasteiger partial charge >= 0.3 is 0 Å². The first-order valence-electron chi connectivity index (χ1n) is 6.66. The minimum Gasteiger partial charge on any atom is -0.504 e. The van der Waals surface area contributed by atoms with Gasteiger partial charge in [-0.3, -0.25) is 4.79 Å². The number of phenolic OH excluding ortho intramolecular Hbond substituents is 1. The zero-order chi connectivity index (χ0) is 14.9. The molecular weight excluding hydrogens is 258 g/mol. The Balaban J connectivity index is 2.20. The number of aromatic hydroxyl groups is 1. The molecule has 110 valence electrons. The molecule has 2 rings (SSSR count). The molecule has 1 unspecified atom stereocenters. The fourth-order valence-corrected chi connectivity index (χ4v) is 2.61. The van der Waals surface area contributed by atoms with Crippen molar-refractivity contribution in [2.75, 3.05) is 20.2 Å². The summed E-state index contributed by atoms with van der Waals surface area (Å²) in [7, 11) is 1.47. The molecule has 1 aliphatic rings. The Bertz CT molecular complexity index is 513. The molecule has 0 aliphatic carbocycles. The summed E-state index contributed by atoms with van der Waals surface area (Å²) in [4.78, 5) is 14.3. The number of phenols is 1. The molecule has 5 nitrogen and oxygen atoms in total. The molecule has 0 bridgehead atoms. The van der Waals surface area contributed by atoms with Gasteiger partial charge in [-0.15, -0.1) is 0 Å². The Kier molecular flexibility index (Phi) is 3.90. The van der Waals surface area contributed by atoms with Crippen molar-refractivity contribution >= 4 is 5.91 Å². The van der Waals surface area contributed by atoms with Crippen LogP contribution in [0.4, 0.5) is 0 Å². The van der Waals surface area contributed by atoms with E-state index in [1.807, 2.05) is 20.8 Å². The molecule has 1 N–H and O–H groups in total. The van der Waals surface area contributed by atoms with E-state index in [2.05, 4.69) is 0 Å². The van der Waals surface area contributed by atoms with Gasteiger partial charge in [0.15, 0.2) is 11.5 Å². The highest BCUT2D eigenvalue weighted by atomic mass is 16.5. The lowest BCUT2D eigenvalue weighted by Crippen LogP contribution is -2.53. The van der Waals surface area contributed by atoms with Gasteiger partial charge in [-0.05, 0) is 39.0 Å². The lowest BCUT2D eigenvalue weighted by molar-refractivity contribution is -0.118. The summed E-state index contributed by atoms with van der Waals surface area (Å²) in [5, 5.41) is 9.77. The van der Waals surface area contributed by atoms with Crippen LogP contribution in [-0.2, 0) is 4.74 Å². The number of nitrogens with zero attached hydrogens (tertiary/aromatic N) is 1. The van der Waals surface area contributed by atoms with Crippen molar-refractivity contribution in [3.63, 3.8) is 0 Å². The van der Waals surface area contributed by atoms with E-state index in [4.69, 9.17) is 9.47 Å². The van der Waals surface area contributed by atoms with Crippen molar-refractivity contribution in [2.45, 2.75) is 32.5 Å². The first kappa shape index (κ1) is 14.7. The molecule has 1 saturated heterocycles. The number of carbonyl (C=O) groups is 1. The predicted octanol–water partition coefficient (Wildman–Crippen LogP) is 2.04. The van der Waals surface area contributed by atoms with E-state index in [9.17, 15) is 9.90 Å². The summed E-state index contributed by atoms with van der Waals surface area (Å²) in [6.45, 7) is 6.97. The number of hydrogen-bond acceptors (Lipinski definition) is 4. The molecule has 0 spiro atoms. The van der Waals surface area contributed by atoms with Gasteiger partial charge in [0.05, 0.1) is 18.8 Å². The third kappa shape index (κ3) is 3.04. The molecule has 1 aromatic carbocycles. The number of methoxy groups -OCH3 is 1. The van der Waals surface area contributed by atoms with E-state index in [-0.39, 0.29) is 23.4 Å². The Morgan fingerprint density at radius 2 is 2.20 bits per heavy atom. The zero-order valence-corrected chi connectivity index (χ0v) is 12.3. The SMILES string of the molecule is COc1ccc(C(=O)N2CC(C)OC(C)(C)C2)cc1O. The van der Waals surface area contributed by atoms with E-state index in [0.717, 1.165) is 0 Å². The number of amides is 1. The molecule has 5 heteroatoms. The molecule has 0 aromatic heterocycles. The van der Waals surface area contributed by atoms with E-state index in [1.54, 1.807) is 17.0 Å². The van der Waals surface area contributed by atoms with Crippen LogP contribution in [0.5, 0.6) is 11.5 Å². The molecule has 20 heavy (non-hydrogen) atoms. The fourth-order valence-electron chi connectivity index (χ4n) is 2.61. The monoisotopic (exact) mass is 279 g/mol. The summed E-state index contributed by atoms with van der Waals surface area (Å²) < 4.78 is 10.8. The van der Waals surface area contributed by atoms with Gasteiger partial charge < -0.3 is 19.5 Å². The largest absolute Gasteiger partial charge is 0.504 e. The maximum Gasteiger partial charge on any atom is 0.254 e. The van der Waals surface area contributed by atoms with Gasteiger partial charge in [0.2, 0.25) is 0 Å². The van der Waals surface area contributed by atoms with Crippen LogP contribution >= 0.6 is 0 Å². The molecule has 1 atom stereocenters. The van der Waals surface area contributed by atoms with Crippen molar-refractivity contribution in [3.05, 3.63) is 23.8 Å². The van der Waals surface area contributed by atoms with Crippen molar-refractivity contribution in [2.24, 2.45) is 0 Å². The maximum absolute atomic E-state index is 12.5. The Morgan fingerprint density at radius 1 is 1.50 bits per heavy atom. The summed E-state index contributed by atoms with van der Waals surface area (Å²) >= 11 is 0. The minimum atomic E-state index is -0.359. The van der Waals surface area contributed by atoms with Crippen LogP contribution < -0.4 is 4.74 Å². The maximum atomic E-state index is 12.5. The number of benzene rings is 1. The van der Waals surface area contributed by atoms with Crippen LogP contribution in [0.15, 0.2) is 18.2 Å². The first-order chi connectivity index (χ1) is 9.32. The highest BCUT2D eigenvalue weighted by molar-refractivity contribution is 5.95. The van der Waals surface area contributed by atoms with Gasteiger partial charge in [0.25, 0.3) is 5.91 Å². The normalized spacial score (nSPS) is 21.6. The molecule has 1 aromatic rings. The third-order valence-electron chi connectivity index (χ3n) is 3.28. The summed E-state index contributed by atoms with van der Waals surface area (Å²) in [5.41, 5.74) is 0.0928. The standard InChI is InChI=1S/C15H21NO4/c1-10-8-16(9-15(2,3)20-10)14(18)11-5-6-13(19-4)12(17)7-11/h5-7,10,17H,8-9H2,1-4H3. The van der Waals surface area contributed by atoms with Crippen molar-refractivity contribution in [1.82, 2.24) is 4.90 Å². The highest BCUT2D eigenvalue weighted by Gasteiger charge is 2.34. The van der Waals surface area contributed by atoms with E-state index in [1.165, 1.54) is 13.2 Å². The average Bonchev–Trinajstić information content (AvgIpc) is 2.35. The molecule has 0 radical (unpaired) electrons. The molecule has 1 amide bonds.